The van der Waals surface area contributed by atoms with Crippen LogP contribution in [0.5, 0.6) is 0 Å². The standard InChI is InChI=1S/C31H30FN5O2S/c1-20-4-3-5-24(14-20)36-31(38)37-25-8-7-22(26(32)16-25)15-23-10-11-34-28-17-29(40-30(23)28)27-9-6-21(19-35-27)18-33-12-13-39-2/h3-11,14,16-17,19,33H,12-13,15,18H2,1-2H3,(H2,36,37,38). The van der Waals surface area contributed by atoms with Crippen molar-refractivity contribution < 1.29 is 13.9 Å². The molecule has 2 amide bonds. The van der Waals surface area contributed by atoms with E-state index in [0.717, 1.165) is 50.6 Å². The summed E-state index contributed by atoms with van der Waals surface area (Å²) in [6.07, 6.45) is 4.03. The maximum absolute atomic E-state index is 15.1. The van der Waals surface area contributed by atoms with Crippen molar-refractivity contribution in [2.45, 2.75) is 19.9 Å². The third-order valence-corrected chi connectivity index (χ3v) is 7.57. The molecule has 2 aromatic carbocycles. The van der Waals surface area contributed by atoms with E-state index in [1.165, 1.54) is 6.07 Å². The summed E-state index contributed by atoms with van der Waals surface area (Å²) >= 11 is 1.60. The molecule has 3 N–H and O–H groups in total. The van der Waals surface area contributed by atoms with Crippen molar-refractivity contribution in [3.05, 3.63) is 107 Å². The van der Waals surface area contributed by atoms with Gasteiger partial charge in [0.05, 0.1) is 27.4 Å². The van der Waals surface area contributed by atoms with Crippen molar-refractivity contribution in [2.24, 2.45) is 0 Å². The average Bonchev–Trinajstić information content (AvgIpc) is 3.38. The lowest BCUT2D eigenvalue weighted by atomic mass is 10.0. The van der Waals surface area contributed by atoms with Crippen LogP contribution in [0.3, 0.4) is 0 Å². The molecule has 9 heteroatoms. The summed E-state index contributed by atoms with van der Waals surface area (Å²) in [5.41, 5.74) is 6.44. The van der Waals surface area contributed by atoms with Gasteiger partial charge < -0.3 is 20.7 Å². The molecular formula is C31H30FN5O2S. The van der Waals surface area contributed by atoms with E-state index in [1.807, 2.05) is 49.5 Å². The van der Waals surface area contributed by atoms with E-state index in [2.05, 4.69) is 32.0 Å². The topological polar surface area (TPSA) is 88.2 Å². The lowest BCUT2D eigenvalue weighted by molar-refractivity contribution is 0.199. The second kappa shape index (κ2) is 12.8. The predicted molar refractivity (Wildman–Crippen MR) is 159 cm³/mol. The molecule has 5 rings (SSSR count). The summed E-state index contributed by atoms with van der Waals surface area (Å²) in [7, 11) is 1.68. The summed E-state index contributed by atoms with van der Waals surface area (Å²) < 4.78 is 21.2. The first kappa shape index (κ1) is 27.4. The number of hydrogen-bond acceptors (Lipinski definition) is 6. The first-order chi connectivity index (χ1) is 19.5. The van der Waals surface area contributed by atoms with Gasteiger partial charge in [-0.1, -0.05) is 24.3 Å². The molecule has 0 fully saturated rings. The number of aryl methyl sites for hydroxylation is 1. The number of rotatable bonds is 10. The quantitative estimate of drug-likeness (QED) is 0.165. The molecule has 7 nitrogen and oxygen atoms in total. The lowest BCUT2D eigenvalue weighted by Gasteiger charge is -2.10. The van der Waals surface area contributed by atoms with Crippen LogP contribution >= 0.6 is 11.3 Å². The monoisotopic (exact) mass is 555 g/mol. The minimum absolute atomic E-state index is 0.383. The smallest absolute Gasteiger partial charge is 0.323 e. The van der Waals surface area contributed by atoms with Crippen molar-refractivity contribution >= 4 is 39.0 Å². The SMILES string of the molecule is COCCNCc1ccc(-c2cc3nccc(Cc4ccc(NC(=O)Nc5cccc(C)c5)cc4F)c3s2)nc1. The summed E-state index contributed by atoms with van der Waals surface area (Å²) in [5.74, 6) is -0.383. The maximum Gasteiger partial charge on any atom is 0.323 e. The Balaban J connectivity index is 1.27. The molecule has 0 unspecified atom stereocenters. The van der Waals surface area contributed by atoms with Crippen LogP contribution in [0.25, 0.3) is 20.8 Å². The van der Waals surface area contributed by atoms with Gasteiger partial charge in [0.1, 0.15) is 5.82 Å². The summed E-state index contributed by atoms with van der Waals surface area (Å²) in [4.78, 5) is 22.6. The molecule has 0 aliphatic rings. The van der Waals surface area contributed by atoms with Gasteiger partial charge in [-0.15, -0.1) is 11.3 Å². The molecule has 0 saturated carbocycles. The van der Waals surface area contributed by atoms with E-state index in [1.54, 1.807) is 42.8 Å². The van der Waals surface area contributed by atoms with Crippen molar-refractivity contribution in [2.75, 3.05) is 30.9 Å². The molecule has 204 valence electrons. The third-order valence-electron chi connectivity index (χ3n) is 6.35. The molecule has 3 heterocycles. The number of hydrogen-bond donors (Lipinski definition) is 3. The zero-order valence-electron chi connectivity index (χ0n) is 22.3. The number of carbonyl (C=O) groups is 1. The molecule has 0 aliphatic heterocycles. The van der Waals surface area contributed by atoms with Gasteiger partial charge in [-0.05, 0) is 71.6 Å². The Morgan fingerprint density at radius 2 is 1.82 bits per heavy atom. The van der Waals surface area contributed by atoms with E-state index in [0.29, 0.717) is 30.0 Å². The van der Waals surface area contributed by atoms with Crippen LogP contribution < -0.4 is 16.0 Å². The summed E-state index contributed by atoms with van der Waals surface area (Å²) in [6.45, 7) is 4.13. The van der Waals surface area contributed by atoms with E-state index in [-0.39, 0.29) is 5.82 Å². The normalized spacial score (nSPS) is 11.1. The minimum atomic E-state index is -0.427. The fourth-order valence-electron chi connectivity index (χ4n) is 4.33. The summed E-state index contributed by atoms with van der Waals surface area (Å²) in [6, 6.07) is 19.8. The minimum Gasteiger partial charge on any atom is -0.383 e. The number of pyridine rings is 2. The first-order valence-corrected chi connectivity index (χ1v) is 13.8. The van der Waals surface area contributed by atoms with E-state index in [9.17, 15) is 4.79 Å². The van der Waals surface area contributed by atoms with Crippen LogP contribution in [0.4, 0.5) is 20.6 Å². The maximum atomic E-state index is 15.1. The van der Waals surface area contributed by atoms with Gasteiger partial charge in [-0.2, -0.15) is 0 Å². The molecule has 0 atom stereocenters. The Bertz CT molecular complexity index is 1620. The molecule has 0 radical (unpaired) electrons. The molecule has 40 heavy (non-hydrogen) atoms. The number of nitrogens with zero attached hydrogens (tertiary/aromatic N) is 2. The van der Waals surface area contributed by atoms with Crippen LogP contribution in [0.1, 0.15) is 22.3 Å². The van der Waals surface area contributed by atoms with Gasteiger partial charge >= 0.3 is 6.03 Å². The number of amides is 2. The first-order valence-electron chi connectivity index (χ1n) is 12.9. The number of fused-ring (bicyclic) bond motifs is 1. The van der Waals surface area contributed by atoms with E-state index < -0.39 is 6.03 Å². The predicted octanol–water partition coefficient (Wildman–Crippen LogP) is 6.78. The second-order valence-corrected chi connectivity index (χ2v) is 10.5. The molecule has 5 aromatic rings. The number of halogens is 1. The van der Waals surface area contributed by atoms with Crippen molar-refractivity contribution in [3.8, 4) is 10.6 Å². The number of ether oxygens (including phenoxy) is 1. The number of carbonyl (C=O) groups excluding carboxylic acids is 1. The van der Waals surface area contributed by atoms with Gasteiger partial charge in [-0.3, -0.25) is 9.97 Å². The highest BCUT2D eigenvalue weighted by atomic mass is 32.1. The number of nitrogens with one attached hydrogen (secondary N) is 3. The van der Waals surface area contributed by atoms with E-state index in [4.69, 9.17) is 4.74 Å². The Hall–Kier alpha value is -4.18. The lowest BCUT2D eigenvalue weighted by Crippen LogP contribution is -2.19. The molecular weight excluding hydrogens is 525 g/mol. The Morgan fingerprint density at radius 3 is 2.58 bits per heavy atom. The van der Waals surface area contributed by atoms with Crippen molar-refractivity contribution in [1.29, 1.82) is 0 Å². The van der Waals surface area contributed by atoms with Gasteiger partial charge in [-0.25, -0.2) is 9.18 Å². The molecule has 0 spiro atoms. The summed E-state index contributed by atoms with van der Waals surface area (Å²) in [5, 5.41) is 8.78. The molecule has 0 saturated heterocycles. The van der Waals surface area contributed by atoms with Crippen LogP contribution in [-0.2, 0) is 17.7 Å². The van der Waals surface area contributed by atoms with Crippen LogP contribution in [-0.4, -0.2) is 36.3 Å². The number of urea groups is 1. The molecule has 3 aromatic heterocycles. The highest BCUT2D eigenvalue weighted by Gasteiger charge is 2.13. The number of aromatic nitrogens is 2. The number of thiophene rings is 1. The van der Waals surface area contributed by atoms with Crippen LogP contribution in [0.2, 0.25) is 0 Å². The molecule has 0 aliphatic carbocycles. The van der Waals surface area contributed by atoms with Gasteiger partial charge in [0.25, 0.3) is 0 Å². The third kappa shape index (κ3) is 6.87. The number of methoxy groups -OCH3 is 1. The van der Waals surface area contributed by atoms with Gasteiger partial charge in [0.15, 0.2) is 0 Å². The number of benzene rings is 2. The average molecular weight is 556 g/mol. The second-order valence-electron chi connectivity index (χ2n) is 9.45. The Labute approximate surface area is 236 Å². The van der Waals surface area contributed by atoms with Crippen LogP contribution in [0.15, 0.2) is 79.1 Å². The Morgan fingerprint density at radius 1 is 0.975 bits per heavy atom. The fourth-order valence-corrected chi connectivity index (χ4v) is 5.43. The molecule has 0 bridgehead atoms. The highest BCUT2D eigenvalue weighted by Crippen LogP contribution is 2.34. The number of anilines is 2. The highest BCUT2D eigenvalue weighted by molar-refractivity contribution is 7.22. The van der Waals surface area contributed by atoms with Gasteiger partial charge in [0, 0.05) is 50.4 Å². The zero-order valence-corrected chi connectivity index (χ0v) is 23.1. The van der Waals surface area contributed by atoms with Crippen molar-refractivity contribution in [1.82, 2.24) is 15.3 Å². The van der Waals surface area contributed by atoms with Gasteiger partial charge in [0.2, 0.25) is 0 Å². The zero-order chi connectivity index (χ0) is 27.9. The van der Waals surface area contributed by atoms with Crippen LogP contribution in [0, 0.1) is 12.7 Å². The van der Waals surface area contributed by atoms with E-state index >= 15 is 4.39 Å². The largest absolute Gasteiger partial charge is 0.383 e. The Kier molecular flexibility index (Phi) is 8.75. The van der Waals surface area contributed by atoms with Crippen molar-refractivity contribution in [3.63, 3.8) is 0 Å². The fraction of sp³-hybridized carbons (Fsp3) is 0.194.